The summed E-state index contributed by atoms with van der Waals surface area (Å²) in [5, 5.41) is 7.19. The number of nitrogens with zero attached hydrogens (tertiary/aromatic N) is 4. The lowest BCUT2D eigenvalue weighted by molar-refractivity contribution is 0.0945. The van der Waals surface area contributed by atoms with E-state index >= 15 is 0 Å². The Morgan fingerprint density at radius 3 is 3.04 bits per heavy atom. The lowest BCUT2D eigenvalue weighted by Crippen LogP contribution is -2.36. The zero-order chi connectivity index (χ0) is 17.9. The molecule has 3 aromatic heterocycles. The molecule has 4 rings (SSSR count). The van der Waals surface area contributed by atoms with Crippen molar-refractivity contribution in [1.29, 1.82) is 0 Å². The summed E-state index contributed by atoms with van der Waals surface area (Å²) in [5.41, 5.74) is 2.63. The normalized spacial score (nSPS) is 17.0. The summed E-state index contributed by atoms with van der Waals surface area (Å²) in [6.45, 7) is 5.28. The van der Waals surface area contributed by atoms with Crippen molar-refractivity contribution in [2.75, 3.05) is 6.54 Å². The second-order valence-corrected chi connectivity index (χ2v) is 7.24. The Kier molecular flexibility index (Phi) is 4.81. The van der Waals surface area contributed by atoms with Crippen LogP contribution in [0, 0.1) is 0 Å². The molecule has 0 saturated carbocycles. The van der Waals surface area contributed by atoms with E-state index in [-0.39, 0.29) is 11.9 Å². The largest absolute Gasteiger partial charge is 0.345 e. The van der Waals surface area contributed by atoms with E-state index in [2.05, 4.69) is 48.5 Å². The Labute approximate surface area is 156 Å². The van der Waals surface area contributed by atoms with Gasteiger partial charge in [0, 0.05) is 32.0 Å². The van der Waals surface area contributed by atoms with Crippen LogP contribution in [0.15, 0.2) is 47.4 Å². The van der Waals surface area contributed by atoms with Crippen molar-refractivity contribution in [2.45, 2.75) is 32.6 Å². The second kappa shape index (κ2) is 7.39. The van der Waals surface area contributed by atoms with Gasteiger partial charge in [0.25, 0.3) is 5.91 Å². The van der Waals surface area contributed by atoms with Gasteiger partial charge in [-0.05, 0) is 41.4 Å². The fraction of sp³-hybridized carbons (Fsp3) is 0.316. The van der Waals surface area contributed by atoms with Crippen LogP contribution in [-0.2, 0) is 19.6 Å². The van der Waals surface area contributed by atoms with Gasteiger partial charge in [0.1, 0.15) is 11.5 Å². The Balaban J connectivity index is 1.43. The third-order valence-electron chi connectivity index (χ3n) is 4.71. The third-order valence-corrected chi connectivity index (χ3v) is 5.44. The van der Waals surface area contributed by atoms with Crippen LogP contribution in [-0.4, -0.2) is 31.9 Å². The molecule has 1 amide bonds. The van der Waals surface area contributed by atoms with E-state index in [0.29, 0.717) is 12.2 Å². The molecule has 7 heteroatoms. The van der Waals surface area contributed by atoms with E-state index in [0.717, 1.165) is 31.2 Å². The first-order valence-corrected chi connectivity index (χ1v) is 9.65. The lowest BCUT2D eigenvalue weighted by Gasteiger charge is -2.33. The lowest BCUT2D eigenvalue weighted by atomic mass is 10.2. The highest BCUT2D eigenvalue weighted by Gasteiger charge is 2.27. The van der Waals surface area contributed by atoms with Crippen molar-refractivity contribution in [3.63, 3.8) is 0 Å². The highest BCUT2D eigenvalue weighted by molar-refractivity contribution is 7.07. The van der Waals surface area contributed by atoms with E-state index < -0.39 is 0 Å². The summed E-state index contributed by atoms with van der Waals surface area (Å²) in [6.07, 6.45) is 3.59. The molecular weight excluding hydrogens is 346 g/mol. The fourth-order valence-electron chi connectivity index (χ4n) is 3.24. The Morgan fingerprint density at radius 1 is 1.35 bits per heavy atom. The number of hydrogen-bond donors (Lipinski definition) is 1. The van der Waals surface area contributed by atoms with Crippen molar-refractivity contribution in [1.82, 2.24) is 24.8 Å². The first-order chi connectivity index (χ1) is 12.7. The Morgan fingerprint density at radius 2 is 2.27 bits per heavy atom. The standard InChI is InChI=1S/C19H21N5OS/c1-14-18-22-17(19(25)21-10-16-4-2-3-6-20-16)12-24(18)8-7-23(14)11-15-5-9-26-13-15/h2-6,9,12-14H,7-8,10-11H2,1H3,(H,21,25)/t14-/m1/s1. The maximum Gasteiger partial charge on any atom is 0.271 e. The van der Waals surface area contributed by atoms with E-state index in [4.69, 9.17) is 0 Å². The molecule has 1 aliphatic rings. The van der Waals surface area contributed by atoms with E-state index in [9.17, 15) is 4.79 Å². The van der Waals surface area contributed by atoms with Crippen LogP contribution in [0.1, 0.15) is 40.5 Å². The number of hydrogen-bond acceptors (Lipinski definition) is 5. The van der Waals surface area contributed by atoms with Crippen molar-refractivity contribution in [3.8, 4) is 0 Å². The van der Waals surface area contributed by atoms with Gasteiger partial charge < -0.3 is 9.88 Å². The van der Waals surface area contributed by atoms with Crippen LogP contribution in [0.2, 0.25) is 0 Å². The van der Waals surface area contributed by atoms with Gasteiger partial charge in [0.05, 0.1) is 18.3 Å². The molecule has 26 heavy (non-hydrogen) atoms. The van der Waals surface area contributed by atoms with E-state index in [1.807, 2.05) is 24.4 Å². The van der Waals surface area contributed by atoms with Crippen LogP contribution < -0.4 is 5.32 Å². The minimum Gasteiger partial charge on any atom is -0.345 e. The van der Waals surface area contributed by atoms with Crippen LogP contribution in [0.5, 0.6) is 0 Å². The molecular formula is C19H21N5OS. The smallest absolute Gasteiger partial charge is 0.271 e. The second-order valence-electron chi connectivity index (χ2n) is 6.46. The fourth-order valence-corrected chi connectivity index (χ4v) is 3.90. The molecule has 3 aromatic rings. The van der Waals surface area contributed by atoms with Gasteiger partial charge in [-0.15, -0.1) is 0 Å². The van der Waals surface area contributed by atoms with Crippen molar-refractivity contribution in [2.24, 2.45) is 0 Å². The van der Waals surface area contributed by atoms with Crippen LogP contribution in [0.4, 0.5) is 0 Å². The third kappa shape index (κ3) is 3.54. The number of rotatable bonds is 5. The first kappa shape index (κ1) is 16.9. The van der Waals surface area contributed by atoms with Crippen molar-refractivity contribution in [3.05, 3.63) is 70.2 Å². The van der Waals surface area contributed by atoms with Crippen LogP contribution >= 0.6 is 11.3 Å². The molecule has 0 unspecified atom stereocenters. The number of carbonyl (C=O) groups excluding carboxylic acids is 1. The molecule has 134 valence electrons. The summed E-state index contributed by atoms with van der Waals surface area (Å²) in [6, 6.07) is 8.00. The predicted octanol–water partition coefficient (Wildman–Crippen LogP) is 2.85. The Hall–Kier alpha value is -2.51. The summed E-state index contributed by atoms with van der Waals surface area (Å²) < 4.78 is 2.10. The van der Waals surface area contributed by atoms with Gasteiger partial charge in [0.2, 0.25) is 0 Å². The van der Waals surface area contributed by atoms with Gasteiger partial charge in [-0.3, -0.25) is 14.7 Å². The minimum atomic E-state index is -0.158. The molecule has 0 bridgehead atoms. The van der Waals surface area contributed by atoms with Gasteiger partial charge in [-0.2, -0.15) is 11.3 Å². The van der Waals surface area contributed by atoms with Gasteiger partial charge in [-0.1, -0.05) is 6.07 Å². The zero-order valence-corrected chi connectivity index (χ0v) is 15.4. The van der Waals surface area contributed by atoms with Gasteiger partial charge in [0.15, 0.2) is 0 Å². The molecule has 0 aliphatic carbocycles. The topological polar surface area (TPSA) is 63.1 Å². The number of amides is 1. The molecule has 0 aromatic carbocycles. The van der Waals surface area contributed by atoms with Gasteiger partial charge in [-0.25, -0.2) is 4.98 Å². The molecule has 0 fully saturated rings. The molecule has 1 aliphatic heterocycles. The number of fused-ring (bicyclic) bond motifs is 1. The van der Waals surface area contributed by atoms with Crippen LogP contribution in [0.3, 0.4) is 0 Å². The highest BCUT2D eigenvalue weighted by atomic mass is 32.1. The maximum absolute atomic E-state index is 12.5. The number of thiophene rings is 1. The quantitative estimate of drug-likeness (QED) is 0.753. The average molecular weight is 367 g/mol. The Bertz CT molecular complexity index is 875. The number of carbonyl (C=O) groups is 1. The zero-order valence-electron chi connectivity index (χ0n) is 14.6. The number of imidazole rings is 1. The van der Waals surface area contributed by atoms with Crippen LogP contribution in [0.25, 0.3) is 0 Å². The molecule has 6 nitrogen and oxygen atoms in total. The average Bonchev–Trinajstić information content (AvgIpc) is 3.33. The number of pyridine rings is 1. The molecule has 1 atom stereocenters. The van der Waals surface area contributed by atoms with E-state index in [1.165, 1.54) is 5.56 Å². The number of aromatic nitrogens is 3. The molecule has 1 N–H and O–H groups in total. The summed E-state index contributed by atoms with van der Waals surface area (Å²) in [5.74, 6) is 0.795. The highest BCUT2D eigenvalue weighted by Crippen LogP contribution is 2.26. The summed E-state index contributed by atoms with van der Waals surface area (Å²) in [4.78, 5) is 23.7. The molecule has 4 heterocycles. The minimum absolute atomic E-state index is 0.158. The predicted molar refractivity (Wildman–Crippen MR) is 101 cm³/mol. The van der Waals surface area contributed by atoms with Gasteiger partial charge >= 0.3 is 0 Å². The summed E-state index contributed by atoms with van der Waals surface area (Å²) in [7, 11) is 0. The SMILES string of the molecule is C[C@@H]1c2nc(C(=O)NCc3ccccn3)cn2CCN1Cc1ccsc1. The summed E-state index contributed by atoms with van der Waals surface area (Å²) >= 11 is 1.72. The first-order valence-electron chi connectivity index (χ1n) is 8.71. The van der Waals surface area contributed by atoms with Crippen molar-refractivity contribution < 1.29 is 4.79 Å². The monoisotopic (exact) mass is 367 g/mol. The maximum atomic E-state index is 12.5. The molecule has 0 saturated heterocycles. The van der Waals surface area contributed by atoms with E-state index in [1.54, 1.807) is 17.5 Å². The molecule has 0 radical (unpaired) electrons. The molecule has 0 spiro atoms. The van der Waals surface area contributed by atoms with Crippen molar-refractivity contribution >= 4 is 17.2 Å². The number of nitrogens with one attached hydrogen (secondary N) is 1.